The monoisotopic (exact) mass is 255 g/mol. The normalized spacial score (nSPS) is 34.7. The fraction of sp³-hybridized carbons (Fsp3) is 1.00. The van der Waals surface area contributed by atoms with E-state index in [4.69, 9.17) is 9.47 Å². The van der Waals surface area contributed by atoms with E-state index in [0.717, 1.165) is 25.7 Å². The van der Waals surface area contributed by atoms with Crippen LogP contribution >= 0.6 is 0 Å². The molecule has 4 atom stereocenters. The fourth-order valence-electron chi connectivity index (χ4n) is 3.33. The van der Waals surface area contributed by atoms with Crippen molar-refractivity contribution in [2.24, 2.45) is 11.8 Å². The molecule has 4 unspecified atom stereocenters. The van der Waals surface area contributed by atoms with Crippen LogP contribution in [0.25, 0.3) is 0 Å². The highest BCUT2D eigenvalue weighted by Gasteiger charge is 2.27. The van der Waals surface area contributed by atoms with Gasteiger partial charge in [-0.25, -0.2) is 0 Å². The van der Waals surface area contributed by atoms with Crippen molar-refractivity contribution in [3.8, 4) is 0 Å². The zero-order chi connectivity index (χ0) is 12.8. The smallest absolute Gasteiger partial charge is 0.0626 e. The van der Waals surface area contributed by atoms with Gasteiger partial charge in [0.25, 0.3) is 0 Å². The average molecular weight is 255 g/mol. The molecule has 3 nitrogen and oxygen atoms in total. The van der Waals surface area contributed by atoms with Crippen molar-refractivity contribution in [3.63, 3.8) is 0 Å². The van der Waals surface area contributed by atoms with E-state index < -0.39 is 0 Å². The van der Waals surface area contributed by atoms with Gasteiger partial charge in [0, 0.05) is 18.6 Å². The van der Waals surface area contributed by atoms with Crippen molar-refractivity contribution < 1.29 is 9.47 Å². The average Bonchev–Trinajstić information content (AvgIpc) is 2.94. The maximum Gasteiger partial charge on any atom is 0.0626 e. The zero-order valence-electron chi connectivity index (χ0n) is 12.0. The molecule has 0 spiro atoms. The van der Waals surface area contributed by atoms with Gasteiger partial charge in [-0.15, -0.1) is 0 Å². The molecule has 106 valence electrons. The van der Waals surface area contributed by atoms with Gasteiger partial charge in [0.05, 0.1) is 19.3 Å². The lowest BCUT2D eigenvalue weighted by Crippen LogP contribution is -2.40. The maximum atomic E-state index is 6.16. The van der Waals surface area contributed by atoms with Gasteiger partial charge >= 0.3 is 0 Å². The summed E-state index contributed by atoms with van der Waals surface area (Å²) in [6, 6.07) is 0.467. The Bertz CT molecular complexity index is 229. The van der Waals surface area contributed by atoms with Crippen LogP contribution < -0.4 is 5.32 Å². The van der Waals surface area contributed by atoms with Gasteiger partial charge < -0.3 is 14.8 Å². The summed E-state index contributed by atoms with van der Waals surface area (Å²) in [4.78, 5) is 0. The van der Waals surface area contributed by atoms with E-state index in [2.05, 4.69) is 12.2 Å². The Morgan fingerprint density at radius 1 is 1.33 bits per heavy atom. The largest absolute Gasteiger partial charge is 0.381 e. The minimum absolute atomic E-state index is 0.467. The number of likely N-dealkylation sites (N-methyl/N-ethyl adjacent to an activating group) is 1. The molecule has 3 heteroatoms. The zero-order valence-corrected chi connectivity index (χ0v) is 12.0. The third kappa shape index (κ3) is 3.94. The Morgan fingerprint density at radius 3 is 2.89 bits per heavy atom. The molecule has 1 saturated heterocycles. The standard InChI is InChI=1S/C15H29NO2/c1-3-12-5-4-6-14(9-12)18-11-15(16-2)13-7-8-17-10-13/h12-16H,3-11H2,1-2H3. The molecule has 2 rings (SSSR count). The maximum absolute atomic E-state index is 6.16. The van der Waals surface area contributed by atoms with Crippen LogP contribution in [0.4, 0.5) is 0 Å². The summed E-state index contributed by atoms with van der Waals surface area (Å²) in [5, 5.41) is 3.40. The molecule has 0 aromatic carbocycles. The van der Waals surface area contributed by atoms with E-state index in [-0.39, 0.29) is 0 Å². The van der Waals surface area contributed by atoms with Crippen LogP contribution in [0.2, 0.25) is 0 Å². The van der Waals surface area contributed by atoms with Crippen molar-refractivity contribution in [3.05, 3.63) is 0 Å². The van der Waals surface area contributed by atoms with E-state index in [1.54, 1.807) is 0 Å². The highest BCUT2D eigenvalue weighted by atomic mass is 16.5. The van der Waals surface area contributed by atoms with Gasteiger partial charge in [-0.2, -0.15) is 0 Å². The molecule has 0 aromatic heterocycles. The molecule has 0 amide bonds. The van der Waals surface area contributed by atoms with Crippen LogP contribution in [0.3, 0.4) is 0 Å². The number of nitrogens with one attached hydrogen (secondary N) is 1. The molecule has 1 N–H and O–H groups in total. The van der Waals surface area contributed by atoms with E-state index in [1.807, 2.05) is 7.05 Å². The first-order valence-electron chi connectivity index (χ1n) is 7.70. The van der Waals surface area contributed by atoms with Crippen molar-refractivity contribution in [1.82, 2.24) is 5.32 Å². The van der Waals surface area contributed by atoms with Gasteiger partial charge in [-0.1, -0.05) is 26.2 Å². The molecule has 1 aliphatic heterocycles. The molecule has 0 radical (unpaired) electrons. The summed E-state index contributed by atoms with van der Waals surface area (Å²) >= 11 is 0. The molecule has 2 aliphatic rings. The van der Waals surface area contributed by atoms with E-state index in [0.29, 0.717) is 18.1 Å². The van der Waals surface area contributed by atoms with Crippen LogP contribution in [0.1, 0.15) is 45.4 Å². The second kappa shape index (κ2) is 7.46. The predicted octanol–water partition coefficient (Wildman–Crippen LogP) is 2.60. The van der Waals surface area contributed by atoms with Crippen LogP contribution in [-0.2, 0) is 9.47 Å². The topological polar surface area (TPSA) is 30.5 Å². The summed E-state index contributed by atoms with van der Waals surface area (Å²) in [6.07, 6.45) is 8.27. The molecular formula is C15H29NO2. The summed E-state index contributed by atoms with van der Waals surface area (Å²) in [5.41, 5.74) is 0. The van der Waals surface area contributed by atoms with Crippen LogP contribution in [0, 0.1) is 11.8 Å². The molecule has 0 bridgehead atoms. The van der Waals surface area contributed by atoms with Crippen molar-refractivity contribution >= 4 is 0 Å². The Labute approximate surface area is 112 Å². The Balaban J connectivity index is 1.71. The molecule has 1 heterocycles. The quantitative estimate of drug-likeness (QED) is 0.791. The van der Waals surface area contributed by atoms with E-state index in [1.165, 1.54) is 38.5 Å². The van der Waals surface area contributed by atoms with Crippen LogP contribution in [0.5, 0.6) is 0 Å². The molecule has 0 aromatic rings. The highest BCUT2D eigenvalue weighted by Crippen LogP contribution is 2.29. The lowest BCUT2D eigenvalue weighted by atomic mass is 9.85. The van der Waals surface area contributed by atoms with Gasteiger partial charge in [-0.05, 0) is 32.2 Å². The lowest BCUT2D eigenvalue weighted by Gasteiger charge is -2.31. The van der Waals surface area contributed by atoms with Crippen molar-refractivity contribution in [1.29, 1.82) is 0 Å². The Hall–Kier alpha value is -0.120. The molecule has 1 saturated carbocycles. The van der Waals surface area contributed by atoms with Gasteiger partial charge in [-0.3, -0.25) is 0 Å². The summed E-state index contributed by atoms with van der Waals surface area (Å²) in [5.74, 6) is 1.53. The van der Waals surface area contributed by atoms with Gasteiger partial charge in [0.2, 0.25) is 0 Å². The number of hydrogen-bond acceptors (Lipinski definition) is 3. The Kier molecular flexibility index (Phi) is 5.93. The lowest BCUT2D eigenvalue weighted by molar-refractivity contribution is -0.00578. The number of ether oxygens (including phenoxy) is 2. The third-order valence-corrected chi connectivity index (χ3v) is 4.73. The second-order valence-electron chi connectivity index (χ2n) is 5.92. The van der Waals surface area contributed by atoms with Crippen molar-refractivity contribution in [2.45, 2.75) is 57.6 Å². The SMILES string of the molecule is CCC1CCCC(OCC(NC)C2CCOC2)C1. The second-order valence-corrected chi connectivity index (χ2v) is 5.92. The minimum atomic E-state index is 0.467. The van der Waals surface area contributed by atoms with E-state index in [9.17, 15) is 0 Å². The first-order valence-corrected chi connectivity index (χ1v) is 7.70. The number of rotatable bonds is 6. The first-order chi connectivity index (χ1) is 8.83. The summed E-state index contributed by atoms with van der Waals surface area (Å²) in [7, 11) is 2.04. The third-order valence-electron chi connectivity index (χ3n) is 4.73. The Morgan fingerprint density at radius 2 is 2.22 bits per heavy atom. The molecular weight excluding hydrogens is 226 g/mol. The van der Waals surface area contributed by atoms with Crippen LogP contribution in [0.15, 0.2) is 0 Å². The number of hydrogen-bond donors (Lipinski definition) is 1. The predicted molar refractivity (Wildman–Crippen MR) is 73.8 cm³/mol. The summed E-state index contributed by atoms with van der Waals surface area (Å²) in [6.45, 7) is 4.98. The molecule has 18 heavy (non-hydrogen) atoms. The first kappa shape index (κ1) is 14.3. The fourth-order valence-corrected chi connectivity index (χ4v) is 3.33. The highest BCUT2D eigenvalue weighted by molar-refractivity contribution is 4.79. The minimum Gasteiger partial charge on any atom is -0.381 e. The summed E-state index contributed by atoms with van der Waals surface area (Å²) < 4.78 is 11.6. The van der Waals surface area contributed by atoms with Gasteiger partial charge in [0.15, 0.2) is 0 Å². The van der Waals surface area contributed by atoms with Crippen molar-refractivity contribution in [2.75, 3.05) is 26.9 Å². The molecule has 1 aliphatic carbocycles. The van der Waals surface area contributed by atoms with Gasteiger partial charge in [0.1, 0.15) is 0 Å². The molecule has 2 fully saturated rings. The van der Waals surface area contributed by atoms with E-state index >= 15 is 0 Å². The van der Waals surface area contributed by atoms with Crippen LogP contribution in [-0.4, -0.2) is 39.0 Å².